The van der Waals surface area contributed by atoms with Gasteiger partial charge in [0.15, 0.2) is 11.5 Å². The molecule has 780 valence electrons. The van der Waals surface area contributed by atoms with Crippen molar-refractivity contribution in [2.24, 2.45) is 17.6 Å². The Hall–Kier alpha value is -11.2. The average Bonchev–Trinajstić information content (AvgIpc) is 1.57. The summed E-state index contributed by atoms with van der Waals surface area (Å²) in [4.78, 5) is 232. The monoisotopic (exact) mass is 2080 g/mol. The Morgan fingerprint density at radius 1 is 0.762 bits per heavy atom. The maximum absolute atomic E-state index is 15.6. The number of likely N-dealkylation sites (N-methyl/N-ethyl adjacent to an activating group) is 1. The minimum absolute atomic E-state index is 0.0575. The van der Waals surface area contributed by atoms with Crippen LogP contribution in [0.4, 0.5) is 10.5 Å². The van der Waals surface area contributed by atoms with Crippen LogP contribution in [0.15, 0.2) is 127 Å². The van der Waals surface area contributed by atoms with E-state index in [0.29, 0.717) is 41.5 Å². The number of fused-ring (bicyclic) bond motifs is 6. The van der Waals surface area contributed by atoms with Crippen LogP contribution in [0.3, 0.4) is 0 Å². The van der Waals surface area contributed by atoms with E-state index in [1.54, 1.807) is 111 Å². The number of ketones is 1. The number of esters is 1. The van der Waals surface area contributed by atoms with Crippen molar-refractivity contribution >= 4 is 161 Å². The minimum atomic E-state index is -2.00. The van der Waals surface area contributed by atoms with Gasteiger partial charge in [-0.25, -0.2) is 9.59 Å². The lowest BCUT2D eigenvalue weighted by molar-refractivity contribution is -0.162. The van der Waals surface area contributed by atoms with Gasteiger partial charge in [-0.2, -0.15) is 0 Å². The summed E-state index contributed by atoms with van der Waals surface area (Å²) in [6.45, 7) is 10.9. The first-order valence-corrected chi connectivity index (χ1v) is 52.4. The number of carbonyl (C=O) groups excluding carboxylic acids is 15. The molecule has 18 N–H and O–H groups in total. The normalized spacial score (nSPS) is 25.4. The number of carboxylic acids is 1. The van der Waals surface area contributed by atoms with E-state index < -0.39 is 258 Å². The number of carboxylic acid groups (broad SMARTS) is 1. The summed E-state index contributed by atoms with van der Waals surface area (Å²) in [6.07, 6.45) is -3.04. The lowest BCUT2D eigenvalue weighted by Gasteiger charge is -2.42. The number of carbonyl (C=O) groups is 16. The number of anilines is 1. The predicted octanol–water partition coefficient (Wildman–Crippen LogP) is 3.02. The number of hydrogen-bond donors (Lipinski definition) is 17. The number of rotatable bonds is 37. The van der Waals surface area contributed by atoms with E-state index in [2.05, 4.69) is 58.5 Å². The predicted molar refractivity (Wildman–Crippen MR) is 538 cm³/mol. The van der Waals surface area contributed by atoms with Crippen LogP contribution < -0.4 is 73.9 Å². The van der Waals surface area contributed by atoms with E-state index in [-0.39, 0.29) is 79.5 Å². The quantitative estimate of drug-likeness (QED) is 0.0133. The fourth-order valence-electron chi connectivity index (χ4n) is 16.8. The molecule has 13 amide bonds. The van der Waals surface area contributed by atoms with Gasteiger partial charge >= 0.3 is 18.0 Å². The first-order valence-electron chi connectivity index (χ1n) is 47.0. The number of aliphatic carboxylic acids is 1. The van der Waals surface area contributed by atoms with Crippen LogP contribution in [-0.4, -0.2) is 304 Å². The number of methoxy groups -OCH3 is 2. The number of epoxide rings is 1. The standard InChI is InChI=1S/C98H131ClN14O26S4/c1-52-24-23-32-78(136-12)98(134)47-77(137-96(133)111-98)53(2)85-97(8,139-85)79(46-81(120)113(10)74-41-61(38-52)42-76(135-11)83(74)99)138-95(132)55(4)112(9)80(119)35-37-140-141-50-72(102-58(7)117)92(129)101-54(3)86(123)104-69(45-82(121)122)91(128)106-67(40-60-27-17-14-18-28-60)89(126)108-71-49-142-143-51-73(93(130)107-70(48-114)56(5)115)109-94(131)84(57(6)116)110-88(125)66(31-21-22-36-100)103-90(127)68(43-63-34-33-62-29-19-20-30-65(62)63)105-87(124)64(44-75(71)118)39-59-25-15-13-16-26-59/h13-20,23-30,32,34,41-42,53-57,64,66-73,77-79,84-85,114-116,134H,21-22,31,33,35-40,43-51,100H2,1-12H3,(H,101,129)(H,102,117)(H,103,127)(H,104,123)(H,105,124)(H,106,128)(H,107,130)(H,108,126)(H,109,131)(H,110,125)(H,111,133)(H,121,122)/b32-23+,52-24+/t53-,54+,55+,56-,57-,64-,66+,67-,68-,69+,70-,71+,72+,73+,77+,78-,79+,84+,85+,97+,98+/m1/s1. The van der Waals surface area contributed by atoms with Gasteiger partial charge in [0.25, 0.3) is 0 Å². The number of alkyl carbamates (subject to hydrolysis) is 1. The smallest absolute Gasteiger partial charge is 0.409 e. The van der Waals surface area contributed by atoms with Gasteiger partial charge in [-0.15, -0.1) is 0 Å². The number of unbranched alkanes of at least 4 members (excludes halogenated alkanes) is 1. The maximum atomic E-state index is 15.6. The third kappa shape index (κ3) is 33.2. The van der Waals surface area contributed by atoms with E-state index >= 15 is 19.2 Å². The summed E-state index contributed by atoms with van der Waals surface area (Å²) in [5.74, 6) is -16.8. The highest BCUT2D eigenvalue weighted by atomic mass is 35.5. The average molecular weight is 2080 g/mol. The van der Waals surface area contributed by atoms with Crippen molar-refractivity contribution in [3.8, 4) is 5.75 Å². The van der Waals surface area contributed by atoms with E-state index in [0.717, 1.165) is 71.7 Å². The number of aliphatic hydroxyl groups excluding tert-OH is 3. The minimum Gasteiger partial charge on any atom is -0.495 e. The second kappa shape index (κ2) is 54.7. The van der Waals surface area contributed by atoms with Crippen molar-refractivity contribution in [1.82, 2.24) is 63.4 Å². The molecule has 1 aliphatic carbocycles. The van der Waals surface area contributed by atoms with Crippen molar-refractivity contribution in [2.75, 3.05) is 69.4 Å². The first-order chi connectivity index (χ1) is 67.9. The molecule has 9 rings (SSSR count). The van der Waals surface area contributed by atoms with Crippen LogP contribution in [0.5, 0.6) is 5.75 Å². The molecule has 143 heavy (non-hydrogen) atoms. The van der Waals surface area contributed by atoms with Crippen molar-refractivity contribution in [3.63, 3.8) is 0 Å². The number of aliphatic hydroxyl groups is 4. The molecule has 0 aromatic heterocycles. The van der Waals surface area contributed by atoms with Crippen LogP contribution in [0.2, 0.25) is 5.02 Å². The highest BCUT2D eigenvalue weighted by Crippen LogP contribution is 2.50. The summed E-state index contributed by atoms with van der Waals surface area (Å²) in [7, 11) is 9.57. The fraction of sp³-hybridized carbons (Fsp3) is 0.531. The zero-order chi connectivity index (χ0) is 105. The number of ether oxygens (including phenoxy) is 5. The van der Waals surface area contributed by atoms with Gasteiger partial charge in [0.1, 0.15) is 89.1 Å². The summed E-state index contributed by atoms with van der Waals surface area (Å²) < 4.78 is 29.6. The molecule has 4 bridgehead atoms. The number of Topliss-reactive ketones (excluding diaryl/α,β-unsaturated/α-hetero) is 1. The molecule has 3 fully saturated rings. The van der Waals surface area contributed by atoms with Crippen molar-refractivity contribution in [3.05, 3.63) is 160 Å². The topological polar surface area (TPSA) is 589 Å². The summed E-state index contributed by atoms with van der Waals surface area (Å²) in [6, 6.07) is 10.4. The number of halogens is 1. The third-order valence-electron chi connectivity index (χ3n) is 25.4. The van der Waals surface area contributed by atoms with Crippen molar-refractivity contribution < 1.29 is 126 Å². The van der Waals surface area contributed by atoms with Gasteiger partial charge < -0.3 is 118 Å². The van der Waals surface area contributed by atoms with E-state index in [4.69, 9.17) is 41.0 Å². The largest absolute Gasteiger partial charge is 0.495 e. The molecule has 0 saturated carbocycles. The second-order valence-electron chi connectivity index (χ2n) is 36.4. The number of nitrogens with zero attached hydrogens (tertiary/aromatic N) is 2. The number of hydrogen-bond acceptors (Lipinski definition) is 30. The van der Waals surface area contributed by atoms with Crippen LogP contribution in [0, 0.1) is 11.8 Å². The first kappa shape index (κ1) is 115. The molecule has 0 radical (unpaired) electrons. The molecule has 5 aliphatic rings. The summed E-state index contributed by atoms with van der Waals surface area (Å²) in [5.41, 5.74) is 7.66. The molecule has 45 heteroatoms. The highest BCUT2D eigenvalue weighted by Gasteiger charge is 2.65. The van der Waals surface area contributed by atoms with Crippen LogP contribution in [-0.2, 0) is 117 Å². The molecular weight excluding hydrogens is 1950 g/mol. The zero-order valence-electron chi connectivity index (χ0n) is 81.7. The van der Waals surface area contributed by atoms with Crippen molar-refractivity contribution in [2.45, 2.75) is 253 Å². The Bertz CT molecular complexity index is 5300. The molecule has 21 atom stereocenters. The second-order valence-corrected chi connectivity index (χ2v) is 41.9. The summed E-state index contributed by atoms with van der Waals surface area (Å²) >= 11 is 6.89. The van der Waals surface area contributed by atoms with Gasteiger partial charge in [-0.05, 0) is 132 Å². The van der Waals surface area contributed by atoms with Gasteiger partial charge in [-0.3, -0.25) is 72.4 Å². The van der Waals surface area contributed by atoms with Gasteiger partial charge in [0.05, 0.1) is 62.6 Å². The van der Waals surface area contributed by atoms with Crippen LogP contribution >= 0.6 is 54.8 Å². The van der Waals surface area contributed by atoms with Gasteiger partial charge in [0, 0.05) is 95.1 Å². The molecule has 4 heterocycles. The van der Waals surface area contributed by atoms with Crippen molar-refractivity contribution in [1.29, 1.82) is 0 Å². The molecule has 0 spiro atoms. The Balaban J connectivity index is 0.895. The lowest BCUT2D eigenvalue weighted by atomic mass is 9.83. The Morgan fingerprint density at radius 3 is 2.08 bits per heavy atom. The number of benzene rings is 4. The third-order valence-corrected chi connectivity index (χ3v) is 30.6. The Labute approximate surface area is 850 Å². The highest BCUT2D eigenvalue weighted by molar-refractivity contribution is 8.77. The Kier molecular flexibility index (Phi) is 44.1. The number of nitrogens with two attached hydrogens (primary N) is 1. The molecule has 40 nitrogen and oxygen atoms in total. The summed E-state index contributed by atoms with van der Waals surface area (Å²) in [5, 5.41) is 82.7. The number of amides is 13. The van der Waals surface area contributed by atoms with Gasteiger partial charge in [0.2, 0.25) is 70.9 Å². The molecule has 4 aromatic carbocycles. The molecule has 3 saturated heterocycles. The van der Waals surface area contributed by atoms with Gasteiger partial charge in [-0.1, -0.05) is 177 Å². The molecular formula is C98H131ClN14O26S4. The Morgan fingerprint density at radius 2 is 1.42 bits per heavy atom. The molecule has 4 aromatic rings. The number of nitrogens with one attached hydrogen (secondary N) is 11. The van der Waals surface area contributed by atoms with Crippen LogP contribution in [0.25, 0.3) is 5.57 Å². The van der Waals surface area contributed by atoms with E-state index in [1.165, 1.54) is 60.9 Å². The lowest BCUT2D eigenvalue weighted by Crippen LogP contribution is -2.63. The fourth-order valence-corrected chi connectivity index (χ4v) is 21.6. The molecule has 4 aliphatic heterocycles. The van der Waals surface area contributed by atoms with E-state index in [1.807, 2.05) is 31.2 Å². The SMILES string of the molecule is COc1cc2cc(c1Cl)N(C)C(=O)C[C@H](OC(=O)[C@H](C)N(C)C(=O)CCSSC[C@H](NC(C)=O)C(=O)N[C@@H](C)C(=O)N[C@@H](CC(=O)O)C(=O)N[C@H](Cc1ccccc1)C(=O)N[C@H]1CSSC[C@@H](C(=O)N[C@H](CO)[C@@H](C)O)NC(=O)[C@H]([C@@H](C)O)NC(=O)[C@H](CCCCN)NC(=O)[C@@H](CC3=CCc4ccccc43)NC(=O)[C@H](Cc3ccccc3)CC1=O)[C@]1(C)O[C@H]1[C@H](C)[C@@H]1C[C@@](O)(NC(=O)O1)[C@H](OC)/C=C/C=C(\C)C2. The molecule has 0 unspecified atom stereocenters. The number of allylic oxidation sites excluding steroid dienone is 4. The zero-order valence-corrected chi connectivity index (χ0v) is 85.8. The van der Waals surface area contributed by atoms with E-state index in [9.17, 15) is 83.1 Å². The van der Waals surface area contributed by atoms with Crippen LogP contribution in [0.1, 0.15) is 141 Å². The maximum Gasteiger partial charge on any atom is 0.409 e.